The minimum absolute atomic E-state index is 0.00790. The van der Waals surface area contributed by atoms with Gasteiger partial charge in [-0.1, -0.05) is 12.1 Å². The highest BCUT2D eigenvalue weighted by atomic mass is 19.3. The number of methoxy groups -OCH3 is 1. The molecule has 0 aliphatic rings. The van der Waals surface area contributed by atoms with Gasteiger partial charge in [-0.2, -0.15) is 8.78 Å². The van der Waals surface area contributed by atoms with Gasteiger partial charge in [-0.05, 0) is 25.1 Å². The molecular formula is C17H16F2N2O6. The summed E-state index contributed by atoms with van der Waals surface area (Å²) in [5, 5.41) is 13.3. The molecule has 0 radical (unpaired) electrons. The Morgan fingerprint density at radius 2 is 1.81 bits per heavy atom. The Hall–Kier alpha value is -3.43. The quantitative estimate of drug-likeness (QED) is 0.553. The van der Waals surface area contributed by atoms with Gasteiger partial charge in [-0.3, -0.25) is 14.9 Å². The molecule has 27 heavy (non-hydrogen) atoms. The molecule has 1 N–H and O–H groups in total. The van der Waals surface area contributed by atoms with Gasteiger partial charge in [0.2, 0.25) is 0 Å². The molecule has 2 aromatic carbocycles. The molecule has 1 amide bonds. The average Bonchev–Trinajstić information content (AvgIpc) is 2.62. The highest BCUT2D eigenvalue weighted by molar-refractivity contribution is 5.95. The maximum atomic E-state index is 12.4. The van der Waals surface area contributed by atoms with Gasteiger partial charge in [0, 0.05) is 6.07 Å². The first kappa shape index (κ1) is 19.9. The Bertz CT molecular complexity index is 831. The van der Waals surface area contributed by atoms with E-state index in [1.54, 1.807) is 0 Å². The largest absolute Gasteiger partial charge is 0.493 e. The monoisotopic (exact) mass is 382 g/mol. The number of anilines is 1. The van der Waals surface area contributed by atoms with Crippen LogP contribution in [-0.4, -0.2) is 30.7 Å². The Kier molecular flexibility index (Phi) is 6.47. The van der Waals surface area contributed by atoms with E-state index in [1.165, 1.54) is 50.4 Å². The van der Waals surface area contributed by atoms with Crippen molar-refractivity contribution in [2.24, 2.45) is 0 Å². The number of para-hydroxylation sites is 2. The summed E-state index contributed by atoms with van der Waals surface area (Å²) >= 11 is 0. The summed E-state index contributed by atoms with van der Waals surface area (Å²) in [6.07, 6.45) is -1.11. The van der Waals surface area contributed by atoms with E-state index in [1.807, 2.05) is 0 Å². The molecule has 0 fully saturated rings. The molecule has 10 heteroatoms. The van der Waals surface area contributed by atoms with Gasteiger partial charge in [-0.15, -0.1) is 0 Å². The van der Waals surface area contributed by atoms with Gasteiger partial charge in [-0.25, -0.2) is 0 Å². The number of rotatable bonds is 8. The lowest BCUT2D eigenvalue weighted by molar-refractivity contribution is -0.385. The van der Waals surface area contributed by atoms with E-state index in [-0.39, 0.29) is 28.6 Å². The molecule has 0 aromatic heterocycles. The van der Waals surface area contributed by atoms with Crippen molar-refractivity contribution >= 4 is 17.3 Å². The van der Waals surface area contributed by atoms with Gasteiger partial charge in [0.25, 0.3) is 11.6 Å². The molecule has 0 saturated heterocycles. The molecule has 0 aliphatic heterocycles. The van der Waals surface area contributed by atoms with Crippen LogP contribution in [0.15, 0.2) is 42.5 Å². The number of alkyl halides is 2. The van der Waals surface area contributed by atoms with Crippen LogP contribution in [0.4, 0.5) is 20.2 Å². The standard InChI is InChI=1S/C17H16F2N2O6/c1-10(26-15-9-11(21(23)24)7-8-14(15)25-2)16(22)20-12-5-3-4-6-13(12)27-17(18)19/h3-10,17H,1-2H3,(H,20,22)/t10-/m0/s1. The van der Waals surface area contributed by atoms with Gasteiger partial charge >= 0.3 is 6.61 Å². The summed E-state index contributed by atoms with van der Waals surface area (Å²) in [6.45, 7) is -1.66. The third kappa shape index (κ3) is 5.27. The summed E-state index contributed by atoms with van der Waals surface area (Å²) in [5.41, 5.74) is -0.210. The van der Waals surface area contributed by atoms with Crippen LogP contribution in [0.2, 0.25) is 0 Å². The second-order valence-electron chi connectivity index (χ2n) is 5.22. The van der Waals surface area contributed by atoms with Crippen molar-refractivity contribution in [2.45, 2.75) is 19.6 Å². The first-order chi connectivity index (χ1) is 12.8. The highest BCUT2D eigenvalue weighted by Crippen LogP contribution is 2.32. The molecule has 0 unspecified atom stereocenters. The molecule has 0 heterocycles. The zero-order chi connectivity index (χ0) is 20.0. The molecule has 0 spiro atoms. The second-order valence-corrected chi connectivity index (χ2v) is 5.22. The molecule has 144 valence electrons. The van der Waals surface area contributed by atoms with Gasteiger partial charge in [0.15, 0.2) is 17.6 Å². The number of non-ortho nitro benzene ring substituents is 1. The third-order valence-electron chi connectivity index (χ3n) is 3.39. The summed E-state index contributed by atoms with van der Waals surface area (Å²) in [6, 6.07) is 9.35. The number of ether oxygens (including phenoxy) is 3. The first-order valence-electron chi connectivity index (χ1n) is 7.65. The van der Waals surface area contributed by atoms with Crippen molar-refractivity contribution in [3.8, 4) is 17.2 Å². The Morgan fingerprint density at radius 1 is 1.11 bits per heavy atom. The predicted octanol–water partition coefficient (Wildman–Crippen LogP) is 3.61. The number of nitro benzene ring substituents is 1. The zero-order valence-corrected chi connectivity index (χ0v) is 14.3. The van der Waals surface area contributed by atoms with Crippen LogP contribution in [0.5, 0.6) is 17.2 Å². The van der Waals surface area contributed by atoms with Crippen LogP contribution in [0, 0.1) is 10.1 Å². The fraction of sp³-hybridized carbons (Fsp3) is 0.235. The van der Waals surface area contributed by atoms with E-state index in [0.717, 1.165) is 6.07 Å². The number of carbonyl (C=O) groups is 1. The van der Waals surface area contributed by atoms with Gasteiger partial charge in [0.1, 0.15) is 5.75 Å². The SMILES string of the molecule is COc1ccc([N+](=O)[O-])cc1O[C@@H](C)C(=O)Nc1ccccc1OC(F)F. The van der Waals surface area contributed by atoms with Crippen molar-refractivity contribution < 1.29 is 32.7 Å². The van der Waals surface area contributed by atoms with Crippen LogP contribution in [0.3, 0.4) is 0 Å². The number of hydrogen-bond donors (Lipinski definition) is 1. The topological polar surface area (TPSA) is 99.9 Å². The Labute approximate surface area is 152 Å². The second kappa shape index (κ2) is 8.79. The normalized spacial score (nSPS) is 11.6. The van der Waals surface area contributed by atoms with Crippen LogP contribution in [-0.2, 0) is 4.79 Å². The number of nitrogens with one attached hydrogen (secondary N) is 1. The lowest BCUT2D eigenvalue weighted by atomic mass is 10.2. The van der Waals surface area contributed by atoms with Crippen molar-refractivity contribution in [1.82, 2.24) is 0 Å². The number of benzene rings is 2. The number of nitrogens with zero attached hydrogens (tertiary/aromatic N) is 1. The Morgan fingerprint density at radius 3 is 2.44 bits per heavy atom. The molecule has 0 saturated carbocycles. The van der Waals surface area contributed by atoms with E-state index in [2.05, 4.69) is 10.1 Å². The first-order valence-corrected chi connectivity index (χ1v) is 7.65. The molecule has 2 rings (SSSR count). The number of carbonyl (C=O) groups excluding carboxylic acids is 1. The summed E-state index contributed by atoms with van der Waals surface area (Å²) in [5.74, 6) is -0.692. The summed E-state index contributed by atoms with van der Waals surface area (Å²) < 4.78 is 39.7. The lowest BCUT2D eigenvalue weighted by Crippen LogP contribution is -2.30. The van der Waals surface area contributed by atoms with Crippen molar-refractivity contribution in [3.05, 3.63) is 52.6 Å². The minimum Gasteiger partial charge on any atom is -0.493 e. The van der Waals surface area contributed by atoms with Gasteiger partial charge in [0.05, 0.1) is 23.8 Å². The van der Waals surface area contributed by atoms with Crippen LogP contribution < -0.4 is 19.5 Å². The van der Waals surface area contributed by atoms with Crippen LogP contribution in [0.1, 0.15) is 6.92 Å². The number of nitro groups is 1. The molecular weight excluding hydrogens is 366 g/mol. The fourth-order valence-electron chi connectivity index (χ4n) is 2.12. The highest BCUT2D eigenvalue weighted by Gasteiger charge is 2.21. The van der Waals surface area contributed by atoms with Crippen molar-refractivity contribution in [3.63, 3.8) is 0 Å². The van der Waals surface area contributed by atoms with Gasteiger partial charge < -0.3 is 19.5 Å². The fourth-order valence-corrected chi connectivity index (χ4v) is 2.12. The minimum atomic E-state index is -3.05. The third-order valence-corrected chi connectivity index (χ3v) is 3.39. The van der Waals surface area contributed by atoms with Crippen LogP contribution in [0.25, 0.3) is 0 Å². The smallest absolute Gasteiger partial charge is 0.387 e. The predicted molar refractivity (Wildman–Crippen MR) is 91.4 cm³/mol. The maximum absolute atomic E-state index is 12.4. The molecule has 0 aliphatic carbocycles. The van der Waals surface area contributed by atoms with Crippen molar-refractivity contribution in [1.29, 1.82) is 0 Å². The number of halogens is 2. The average molecular weight is 382 g/mol. The lowest BCUT2D eigenvalue weighted by Gasteiger charge is -2.17. The van der Waals surface area contributed by atoms with E-state index >= 15 is 0 Å². The number of hydrogen-bond acceptors (Lipinski definition) is 6. The zero-order valence-electron chi connectivity index (χ0n) is 14.3. The van der Waals surface area contributed by atoms with Crippen molar-refractivity contribution in [2.75, 3.05) is 12.4 Å². The maximum Gasteiger partial charge on any atom is 0.387 e. The molecule has 8 nitrogen and oxygen atoms in total. The van der Waals surface area contributed by atoms with E-state index < -0.39 is 23.5 Å². The Balaban J connectivity index is 2.15. The molecule has 0 bridgehead atoms. The summed E-state index contributed by atoms with van der Waals surface area (Å²) in [7, 11) is 1.34. The van der Waals surface area contributed by atoms with E-state index in [9.17, 15) is 23.7 Å². The number of amides is 1. The molecule has 1 atom stereocenters. The van der Waals surface area contributed by atoms with Crippen LogP contribution >= 0.6 is 0 Å². The van der Waals surface area contributed by atoms with E-state index in [4.69, 9.17) is 9.47 Å². The van der Waals surface area contributed by atoms with E-state index in [0.29, 0.717) is 0 Å². The summed E-state index contributed by atoms with van der Waals surface area (Å²) in [4.78, 5) is 22.6. The molecule has 2 aromatic rings.